The van der Waals surface area contributed by atoms with Crippen molar-refractivity contribution in [2.75, 3.05) is 6.16 Å². The molecule has 2 atom stereocenters. The molecule has 0 fully saturated rings. The third-order valence-corrected chi connectivity index (χ3v) is 6.17. The van der Waals surface area contributed by atoms with Crippen LogP contribution >= 0.6 is 8.03 Å². The van der Waals surface area contributed by atoms with E-state index < -0.39 is 26.5 Å². The predicted octanol–water partition coefficient (Wildman–Crippen LogP) is 5.06. The number of nitrogens with zero attached hydrogens (tertiary/aromatic N) is 1. The van der Waals surface area contributed by atoms with Gasteiger partial charge in [-0.1, -0.05) is 56.3 Å². The lowest BCUT2D eigenvalue weighted by Crippen LogP contribution is -2.16. The van der Waals surface area contributed by atoms with Crippen LogP contribution in [0.25, 0.3) is 22.4 Å². The average molecular weight is 495 g/mol. The zero-order valence-electron chi connectivity index (χ0n) is 19.7. The molecule has 0 aliphatic carbocycles. The summed E-state index contributed by atoms with van der Waals surface area (Å²) in [6.45, 7) is 5.87. The Balaban J connectivity index is 2.10. The lowest BCUT2D eigenvalue weighted by atomic mass is 9.89. The van der Waals surface area contributed by atoms with Gasteiger partial charge in [0, 0.05) is 17.3 Å². The van der Waals surface area contributed by atoms with Gasteiger partial charge in [0.1, 0.15) is 11.9 Å². The summed E-state index contributed by atoms with van der Waals surface area (Å²) in [5.41, 5.74) is 5.28. The number of rotatable bonds is 7. The van der Waals surface area contributed by atoms with E-state index in [1.807, 2.05) is 51.1 Å². The summed E-state index contributed by atoms with van der Waals surface area (Å²) in [5.74, 6) is 1.70. The SMILES string of the molecule is Cc1c(-c2ccccc2)nc(C(C)C)c(C#COC(=O)CC(O)C[PH](=O)O)c1-c1ccc(F)cc1. The topological polar surface area (TPSA) is 96.7 Å². The zero-order valence-corrected chi connectivity index (χ0v) is 20.7. The highest BCUT2D eigenvalue weighted by Gasteiger charge is 2.21. The molecule has 1 aromatic heterocycles. The molecule has 0 saturated heterocycles. The van der Waals surface area contributed by atoms with Gasteiger partial charge in [-0.25, -0.2) is 4.39 Å². The van der Waals surface area contributed by atoms with Crippen LogP contribution in [0.1, 0.15) is 43.0 Å². The van der Waals surface area contributed by atoms with Gasteiger partial charge in [0.2, 0.25) is 0 Å². The van der Waals surface area contributed by atoms with E-state index in [9.17, 15) is 18.9 Å². The number of carbonyl (C=O) groups is 1. The summed E-state index contributed by atoms with van der Waals surface area (Å²) >= 11 is 0. The van der Waals surface area contributed by atoms with Crippen LogP contribution in [0, 0.1) is 24.8 Å². The third-order valence-electron chi connectivity index (χ3n) is 5.35. The molecule has 3 aromatic rings. The maximum absolute atomic E-state index is 13.7. The van der Waals surface area contributed by atoms with Crippen molar-refractivity contribution in [3.05, 3.63) is 77.2 Å². The first-order valence-corrected chi connectivity index (χ1v) is 12.7. The molecule has 0 amide bonds. The van der Waals surface area contributed by atoms with Gasteiger partial charge in [0.25, 0.3) is 0 Å². The van der Waals surface area contributed by atoms with Crippen LogP contribution in [0.5, 0.6) is 0 Å². The minimum absolute atomic E-state index is 0.0266. The largest absolute Gasteiger partial charge is 0.392 e. The smallest absolute Gasteiger partial charge is 0.322 e. The first-order chi connectivity index (χ1) is 16.7. The van der Waals surface area contributed by atoms with E-state index in [1.54, 1.807) is 12.1 Å². The van der Waals surface area contributed by atoms with Crippen molar-refractivity contribution in [3.8, 4) is 34.4 Å². The summed E-state index contributed by atoms with van der Waals surface area (Å²) in [6, 6.07) is 15.8. The summed E-state index contributed by atoms with van der Waals surface area (Å²) < 4.78 is 29.5. The first kappa shape index (κ1) is 26.3. The Labute approximate surface area is 204 Å². The van der Waals surface area contributed by atoms with Gasteiger partial charge in [-0.05, 0) is 42.0 Å². The molecule has 0 saturated carbocycles. The fourth-order valence-electron chi connectivity index (χ4n) is 3.73. The average Bonchev–Trinajstić information content (AvgIpc) is 2.80. The number of esters is 1. The second-order valence-electron chi connectivity index (χ2n) is 8.41. The Morgan fingerprint density at radius 3 is 2.37 bits per heavy atom. The van der Waals surface area contributed by atoms with Crippen molar-refractivity contribution in [1.29, 1.82) is 0 Å². The van der Waals surface area contributed by atoms with Crippen LogP contribution in [0.3, 0.4) is 0 Å². The van der Waals surface area contributed by atoms with Crippen molar-refractivity contribution in [2.24, 2.45) is 0 Å². The molecule has 6 nitrogen and oxygen atoms in total. The quantitative estimate of drug-likeness (QED) is 0.270. The second kappa shape index (κ2) is 11.9. The van der Waals surface area contributed by atoms with Gasteiger partial charge in [0.15, 0.2) is 8.03 Å². The first-order valence-electron chi connectivity index (χ1n) is 11.1. The highest BCUT2D eigenvalue weighted by atomic mass is 31.1. The number of aliphatic hydroxyl groups is 1. The number of hydrogen-bond donors (Lipinski definition) is 2. The highest BCUT2D eigenvalue weighted by molar-refractivity contribution is 7.38. The predicted molar refractivity (Wildman–Crippen MR) is 134 cm³/mol. The standard InChI is InChI=1S/C27H27FNO5P/c1-17(2)26-23(13-14-34-24(31)15-22(30)16-35(32)33)25(19-9-11-21(28)12-10-19)18(3)27(29-26)20-7-5-4-6-8-20/h4-12,17,22,30,35H,15-16H2,1-3H3,(H,32,33). The number of aliphatic hydroxyl groups excluding tert-OH is 1. The van der Waals surface area contributed by atoms with E-state index in [0.29, 0.717) is 11.3 Å². The highest BCUT2D eigenvalue weighted by Crippen LogP contribution is 2.37. The van der Waals surface area contributed by atoms with Crippen molar-refractivity contribution < 1.29 is 28.5 Å². The molecule has 0 bridgehead atoms. The van der Waals surface area contributed by atoms with Crippen LogP contribution in [-0.4, -0.2) is 33.2 Å². The van der Waals surface area contributed by atoms with E-state index >= 15 is 0 Å². The van der Waals surface area contributed by atoms with Crippen molar-refractivity contribution in [1.82, 2.24) is 4.98 Å². The van der Waals surface area contributed by atoms with E-state index in [2.05, 4.69) is 12.0 Å². The van der Waals surface area contributed by atoms with Crippen LogP contribution in [0.2, 0.25) is 0 Å². The lowest BCUT2D eigenvalue weighted by molar-refractivity contribution is -0.138. The normalized spacial score (nSPS) is 12.5. The number of benzene rings is 2. The molecule has 0 spiro atoms. The van der Waals surface area contributed by atoms with Gasteiger partial charge in [0.05, 0.1) is 29.5 Å². The molecule has 0 aliphatic rings. The van der Waals surface area contributed by atoms with Crippen LogP contribution < -0.4 is 0 Å². The molecule has 1 heterocycles. The minimum atomic E-state index is -2.91. The number of pyridine rings is 1. The molecular formula is C27H27FNO5P. The maximum Gasteiger partial charge on any atom is 0.322 e. The van der Waals surface area contributed by atoms with Crippen molar-refractivity contribution in [2.45, 2.75) is 39.2 Å². The summed E-state index contributed by atoms with van der Waals surface area (Å²) in [7, 11) is -2.91. The van der Waals surface area contributed by atoms with Gasteiger partial charge in [-0.2, -0.15) is 0 Å². The summed E-state index contributed by atoms with van der Waals surface area (Å²) in [5, 5.41) is 9.69. The Hall–Kier alpha value is -3.30. The molecule has 0 aliphatic heterocycles. The van der Waals surface area contributed by atoms with Gasteiger partial charge < -0.3 is 14.7 Å². The Morgan fingerprint density at radius 2 is 1.77 bits per heavy atom. The molecule has 3 rings (SSSR count). The fraction of sp³-hybridized carbons (Fsp3) is 0.259. The lowest BCUT2D eigenvalue weighted by Gasteiger charge is -2.19. The van der Waals surface area contributed by atoms with Gasteiger partial charge in [-0.3, -0.25) is 14.3 Å². The van der Waals surface area contributed by atoms with Crippen LogP contribution in [0.4, 0.5) is 4.39 Å². The molecule has 8 heteroatoms. The summed E-state index contributed by atoms with van der Waals surface area (Å²) in [6.07, 6.45) is 0.293. The molecule has 2 aromatic carbocycles. The van der Waals surface area contributed by atoms with E-state index in [-0.39, 0.29) is 17.9 Å². The maximum atomic E-state index is 13.7. The van der Waals surface area contributed by atoms with Gasteiger partial charge in [-0.15, -0.1) is 0 Å². The number of ether oxygens (including phenoxy) is 1. The molecule has 0 radical (unpaired) electrons. The fourth-order valence-corrected chi connectivity index (χ4v) is 4.28. The Morgan fingerprint density at radius 1 is 1.11 bits per heavy atom. The van der Waals surface area contributed by atoms with Gasteiger partial charge >= 0.3 is 5.97 Å². The number of halogens is 1. The van der Waals surface area contributed by atoms with E-state index in [0.717, 1.165) is 27.9 Å². The van der Waals surface area contributed by atoms with Crippen molar-refractivity contribution in [3.63, 3.8) is 0 Å². The second-order valence-corrected chi connectivity index (χ2v) is 9.60. The van der Waals surface area contributed by atoms with E-state index in [4.69, 9.17) is 14.6 Å². The van der Waals surface area contributed by atoms with Crippen LogP contribution in [0.15, 0.2) is 54.6 Å². The van der Waals surface area contributed by atoms with Crippen LogP contribution in [-0.2, 0) is 14.1 Å². The molecule has 2 N–H and O–H groups in total. The molecule has 35 heavy (non-hydrogen) atoms. The molecule has 182 valence electrons. The molecular weight excluding hydrogens is 468 g/mol. The summed E-state index contributed by atoms with van der Waals surface area (Å²) in [4.78, 5) is 25.8. The Kier molecular flexibility index (Phi) is 8.95. The van der Waals surface area contributed by atoms with Crippen molar-refractivity contribution >= 4 is 14.0 Å². The molecule has 2 unspecified atom stereocenters. The number of hydrogen-bond acceptors (Lipinski definition) is 5. The number of carbonyl (C=O) groups excluding carboxylic acids is 1. The van der Waals surface area contributed by atoms with E-state index in [1.165, 1.54) is 12.1 Å². The third kappa shape index (κ3) is 6.86. The Bertz CT molecular complexity index is 1280. The minimum Gasteiger partial charge on any atom is -0.392 e. The zero-order chi connectivity index (χ0) is 25.5. The number of aromatic nitrogens is 1. The monoisotopic (exact) mass is 495 g/mol.